The van der Waals surface area contributed by atoms with Crippen LogP contribution in [0.4, 0.5) is 5.69 Å². The zero-order chi connectivity index (χ0) is 17.9. The summed E-state index contributed by atoms with van der Waals surface area (Å²) in [6.07, 6.45) is 0.850. The summed E-state index contributed by atoms with van der Waals surface area (Å²) in [6, 6.07) is 13.3. The molecule has 0 saturated heterocycles. The lowest BCUT2D eigenvalue weighted by Gasteiger charge is -2.18. The highest BCUT2D eigenvalue weighted by Crippen LogP contribution is 2.49. The molecular weight excluding hydrogens is 332 g/mol. The first-order chi connectivity index (χ1) is 12.7. The number of fused-ring (bicyclic) bond motifs is 1. The molecule has 6 heteroatoms. The molecule has 1 saturated carbocycles. The van der Waals surface area contributed by atoms with Crippen molar-refractivity contribution < 1.29 is 19.0 Å². The first-order valence-corrected chi connectivity index (χ1v) is 8.88. The first-order valence-electron chi connectivity index (χ1n) is 8.88. The zero-order valence-corrected chi connectivity index (χ0v) is 14.4. The number of nitrogens with one attached hydrogen (secondary N) is 1. The molecule has 2 unspecified atom stereocenters. The number of benzene rings is 2. The van der Waals surface area contributed by atoms with Gasteiger partial charge in [-0.25, -0.2) is 0 Å². The number of carbonyl (C=O) groups is 1. The van der Waals surface area contributed by atoms with Crippen LogP contribution in [0, 0.1) is 5.92 Å². The number of rotatable bonds is 6. The van der Waals surface area contributed by atoms with E-state index in [-0.39, 0.29) is 17.7 Å². The van der Waals surface area contributed by atoms with Crippen LogP contribution in [0.3, 0.4) is 0 Å². The highest BCUT2D eigenvalue weighted by Gasteiger charge is 2.44. The second-order valence-electron chi connectivity index (χ2n) is 6.50. The number of carbonyl (C=O) groups excluding carboxylic acids is 1. The maximum atomic E-state index is 12.5. The summed E-state index contributed by atoms with van der Waals surface area (Å²) >= 11 is 0. The Balaban J connectivity index is 1.35. The highest BCUT2D eigenvalue weighted by atomic mass is 16.6. The summed E-state index contributed by atoms with van der Waals surface area (Å²) in [7, 11) is 0. The van der Waals surface area contributed by atoms with Crippen LogP contribution in [0.1, 0.15) is 17.9 Å². The van der Waals surface area contributed by atoms with Crippen molar-refractivity contribution in [3.05, 3.63) is 48.0 Å². The summed E-state index contributed by atoms with van der Waals surface area (Å²) in [5.74, 6) is 2.56. The highest BCUT2D eigenvalue weighted by molar-refractivity contribution is 5.95. The number of anilines is 1. The van der Waals surface area contributed by atoms with Gasteiger partial charge in [-0.05, 0) is 54.3 Å². The van der Waals surface area contributed by atoms with Crippen molar-refractivity contribution in [1.29, 1.82) is 0 Å². The van der Waals surface area contributed by atoms with Crippen molar-refractivity contribution in [2.45, 2.75) is 12.3 Å². The van der Waals surface area contributed by atoms with E-state index in [1.165, 1.54) is 0 Å². The zero-order valence-electron chi connectivity index (χ0n) is 14.4. The van der Waals surface area contributed by atoms with Gasteiger partial charge in [-0.2, -0.15) is 0 Å². The van der Waals surface area contributed by atoms with E-state index in [2.05, 4.69) is 5.32 Å². The van der Waals surface area contributed by atoms with Gasteiger partial charge in [-0.15, -0.1) is 0 Å². The molecule has 2 aliphatic rings. The molecule has 3 N–H and O–H groups in total. The Morgan fingerprint density at radius 1 is 1.12 bits per heavy atom. The molecule has 0 radical (unpaired) electrons. The van der Waals surface area contributed by atoms with E-state index < -0.39 is 0 Å². The molecule has 26 heavy (non-hydrogen) atoms. The van der Waals surface area contributed by atoms with Crippen LogP contribution >= 0.6 is 0 Å². The van der Waals surface area contributed by atoms with E-state index in [1.807, 2.05) is 42.5 Å². The molecule has 4 rings (SSSR count). The van der Waals surface area contributed by atoms with Gasteiger partial charge in [-0.1, -0.05) is 6.07 Å². The number of hydrogen-bond donors (Lipinski definition) is 2. The fraction of sp³-hybridized carbons (Fsp3) is 0.350. The predicted molar refractivity (Wildman–Crippen MR) is 97.9 cm³/mol. The molecule has 2 aromatic rings. The van der Waals surface area contributed by atoms with E-state index in [0.717, 1.165) is 34.9 Å². The third-order valence-electron chi connectivity index (χ3n) is 4.63. The molecule has 1 aliphatic heterocycles. The maximum absolute atomic E-state index is 12.5. The van der Waals surface area contributed by atoms with E-state index in [0.29, 0.717) is 26.4 Å². The fourth-order valence-electron chi connectivity index (χ4n) is 3.19. The van der Waals surface area contributed by atoms with Crippen molar-refractivity contribution in [1.82, 2.24) is 0 Å². The molecule has 1 amide bonds. The molecule has 0 aromatic heterocycles. The number of ether oxygens (including phenoxy) is 3. The molecule has 1 fully saturated rings. The molecule has 6 nitrogen and oxygen atoms in total. The Labute approximate surface area is 152 Å². The first kappa shape index (κ1) is 16.7. The Hall–Kier alpha value is -2.73. The molecule has 0 spiro atoms. The second kappa shape index (κ2) is 7.25. The van der Waals surface area contributed by atoms with Gasteiger partial charge < -0.3 is 25.3 Å². The van der Waals surface area contributed by atoms with Crippen molar-refractivity contribution >= 4 is 11.6 Å². The SMILES string of the molecule is NCCOc1ccc(NC(=O)C2CC2c2ccc3c(c2)OCCO3)cc1. The molecule has 2 aromatic carbocycles. The van der Waals surface area contributed by atoms with Gasteiger partial charge in [0.15, 0.2) is 11.5 Å². The maximum Gasteiger partial charge on any atom is 0.228 e. The third-order valence-corrected chi connectivity index (χ3v) is 4.63. The average Bonchev–Trinajstić information content (AvgIpc) is 3.48. The van der Waals surface area contributed by atoms with E-state index in [4.69, 9.17) is 19.9 Å². The molecule has 136 valence electrons. The van der Waals surface area contributed by atoms with Gasteiger partial charge in [0.25, 0.3) is 0 Å². The number of amides is 1. The van der Waals surface area contributed by atoms with Crippen LogP contribution in [0.5, 0.6) is 17.2 Å². The monoisotopic (exact) mass is 354 g/mol. The van der Waals surface area contributed by atoms with Crippen LogP contribution in [-0.4, -0.2) is 32.3 Å². The van der Waals surface area contributed by atoms with Gasteiger partial charge >= 0.3 is 0 Å². The van der Waals surface area contributed by atoms with Crippen molar-refractivity contribution in [2.75, 3.05) is 31.7 Å². The van der Waals surface area contributed by atoms with Crippen LogP contribution in [0.25, 0.3) is 0 Å². The molecule has 0 bridgehead atoms. The lowest BCUT2D eigenvalue weighted by atomic mass is 10.1. The van der Waals surface area contributed by atoms with Gasteiger partial charge in [-0.3, -0.25) is 4.79 Å². The van der Waals surface area contributed by atoms with Gasteiger partial charge in [0.1, 0.15) is 25.6 Å². The minimum absolute atomic E-state index is 0.00859. The normalized spacial score (nSPS) is 20.3. The minimum atomic E-state index is -0.00859. The fourth-order valence-corrected chi connectivity index (χ4v) is 3.19. The Morgan fingerprint density at radius 2 is 1.88 bits per heavy atom. The third kappa shape index (κ3) is 3.60. The summed E-state index contributed by atoms with van der Waals surface area (Å²) < 4.78 is 16.6. The van der Waals surface area contributed by atoms with Crippen LogP contribution < -0.4 is 25.3 Å². The number of hydrogen-bond acceptors (Lipinski definition) is 5. The summed E-state index contributed by atoms with van der Waals surface area (Å²) in [4.78, 5) is 12.5. The summed E-state index contributed by atoms with van der Waals surface area (Å²) in [5, 5.41) is 2.97. The molecular formula is C20H22N2O4. The van der Waals surface area contributed by atoms with Crippen LogP contribution in [0.15, 0.2) is 42.5 Å². The minimum Gasteiger partial charge on any atom is -0.492 e. The Morgan fingerprint density at radius 3 is 2.65 bits per heavy atom. The van der Waals surface area contributed by atoms with Crippen LogP contribution in [0.2, 0.25) is 0 Å². The van der Waals surface area contributed by atoms with Crippen molar-refractivity contribution in [2.24, 2.45) is 11.7 Å². The Bertz CT molecular complexity index is 791. The van der Waals surface area contributed by atoms with Gasteiger partial charge in [0, 0.05) is 18.2 Å². The standard InChI is InChI=1S/C20H22N2O4/c21-7-8-24-15-4-2-14(3-5-15)22-20(23)17-12-16(17)13-1-6-18-19(11-13)26-10-9-25-18/h1-6,11,16-17H,7-10,12,21H2,(H,22,23). The lowest BCUT2D eigenvalue weighted by molar-refractivity contribution is -0.117. The smallest absolute Gasteiger partial charge is 0.228 e. The van der Waals surface area contributed by atoms with E-state index >= 15 is 0 Å². The van der Waals surface area contributed by atoms with E-state index in [1.54, 1.807) is 0 Å². The lowest BCUT2D eigenvalue weighted by Crippen LogP contribution is -2.16. The number of nitrogens with two attached hydrogens (primary N) is 1. The van der Waals surface area contributed by atoms with E-state index in [9.17, 15) is 4.79 Å². The second-order valence-corrected chi connectivity index (χ2v) is 6.50. The summed E-state index contributed by atoms with van der Waals surface area (Å²) in [5.41, 5.74) is 7.31. The van der Waals surface area contributed by atoms with Crippen LogP contribution in [-0.2, 0) is 4.79 Å². The van der Waals surface area contributed by atoms with Gasteiger partial charge in [0.05, 0.1) is 0 Å². The van der Waals surface area contributed by atoms with Crippen molar-refractivity contribution in [3.63, 3.8) is 0 Å². The van der Waals surface area contributed by atoms with Crippen molar-refractivity contribution in [3.8, 4) is 17.2 Å². The molecule has 2 atom stereocenters. The molecule has 1 heterocycles. The predicted octanol–water partition coefficient (Wildman–Crippen LogP) is 2.54. The topological polar surface area (TPSA) is 82.8 Å². The Kier molecular flexibility index (Phi) is 4.67. The average molecular weight is 354 g/mol. The largest absolute Gasteiger partial charge is 0.492 e. The molecule has 1 aliphatic carbocycles. The van der Waals surface area contributed by atoms with Gasteiger partial charge in [0.2, 0.25) is 5.91 Å². The quantitative estimate of drug-likeness (QED) is 0.833. The summed E-state index contributed by atoms with van der Waals surface area (Å²) in [6.45, 7) is 2.10.